The van der Waals surface area contributed by atoms with Crippen molar-refractivity contribution in [1.29, 1.82) is 5.26 Å². The van der Waals surface area contributed by atoms with E-state index in [1.807, 2.05) is 13.1 Å². The third-order valence-corrected chi connectivity index (χ3v) is 3.33. The van der Waals surface area contributed by atoms with Gasteiger partial charge < -0.3 is 4.90 Å². The Hall–Kier alpha value is -1.98. The summed E-state index contributed by atoms with van der Waals surface area (Å²) in [6.07, 6.45) is 0. The fraction of sp³-hybridized carbons (Fsp3) is 0.188. The molecule has 0 spiro atoms. The van der Waals surface area contributed by atoms with Crippen LogP contribution in [0.1, 0.15) is 16.7 Å². The second-order valence-electron chi connectivity index (χ2n) is 4.62. The van der Waals surface area contributed by atoms with E-state index in [9.17, 15) is 0 Å². The van der Waals surface area contributed by atoms with Crippen LogP contribution >= 0.6 is 11.6 Å². The number of nitriles is 1. The first kappa shape index (κ1) is 13.5. The Morgan fingerprint density at radius 2 is 1.84 bits per heavy atom. The van der Waals surface area contributed by atoms with E-state index in [2.05, 4.69) is 42.2 Å². The first-order valence-corrected chi connectivity index (χ1v) is 6.44. The molecule has 2 rings (SSSR count). The quantitative estimate of drug-likeness (QED) is 0.837. The standard InChI is InChI=1S/C16H15ClN2/c1-12-3-5-13(6-4-12)11-19(2)16-8-7-14(10-18)9-15(16)17/h3-9H,11H2,1-2H3. The molecule has 0 atom stereocenters. The summed E-state index contributed by atoms with van der Waals surface area (Å²) in [5.74, 6) is 0. The molecule has 96 valence electrons. The van der Waals surface area contributed by atoms with Crippen LogP contribution < -0.4 is 4.90 Å². The summed E-state index contributed by atoms with van der Waals surface area (Å²) in [4.78, 5) is 2.08. The van der Waals surface area contributed by atoms with Crippen LogP contribution in [0.3, 0.4) is 0 Å². The topological polar surface area (TPSA) is 27.0 Å². The first-order chi connectivity index (χ1) is 9.10. The Kier molecular flexibility index (Phi) is 4.09. The van der Waals surface area contributed by atoms with E-state index in [1.165, 1.54) is 11.1 Å². The minimum absolute atomic E-state index is 0.581. The molecule has 0 aliphatic carbocycles. The lowest BCUT2D eigenvalue weighted by Crippen LogP contribution is -2.16. The van der Waals surface area contributed by atoms with E-state index < -0.39 is 0 Å². The average Bonchev–Trinajstić information content (AvgIpc) is 2.41. The van der Waals surface area contributed by atoms with Crippen LogP contribution in [0.25, 0.3) is 0 Å². The van der Waals surface area contributed by atoms with Crippen molar-refractivity contribution in [3.05, 3.63) is 64.2 Å². The lowest BCUT2D eigenvalue weighted by Gasteiger charge is -2.21. The molecule has 0 N–H and O–H groups in total. The molecular formula is C16H15ClN2. The predicted octanol–water partition coefficient (Wildman–Crippen LogP) is 4.16. The van der Waals surface area contributed by atoms with Crippen molar-refractivity contribution < 1.29 is 0 Å². The second kappa shape index (κ2) is 5.77. The maximum atomic E-state index is 8.83. The number of benzene rings is 2. The van der Waals surface area contributed by atoms with E-state index >= 15 is 0 Å². The highest BCUT2D eigenvalue weighted by atomic mass is 35.5. The van der Waals surface area contributed by atoms with Crippen LogP contribution in [0.4, 0.5) is 5.69 Å². The van der Waals surface area contributed by atoms with Crippen LogP contribution in [0.2, 0.25) is 5.02 Å². The molecule has 0 fully saturated rings. The Bertz CT molecular complexity index is 612. The van der Waals surface area contributed by atoms with Gasteiger partial charge in [-0.25, -0.2) is 0 Å². The van der Waals surface area contributed by atoms with E-state index in [4.69, 9.17) is 16.9 Å². The molecule has 3 heteroatoms. The summed E-state index contributed by atoms with van der Waals surface area (Å²) in [5, 5.41) is 9.44. The molecule has 0 saturated heterocycles. The van der Waals surface area contributed by atoms with Crippen molar-refractivity contribution in [3.8, 4) is 6.07 Å². The van der Waals surface area contributed by atoms with Crippen LogP contribution in [-0.4, -0.2) is 7.05 Å². The zero-order chi connectivity index (χ0) is 13.8. The molecule has 0 radical (unpaired) electrons. The predicted molar refractivity (Wildman–Crippen MR) is 79.5 cm³/mol. The minimum Gasteiger partial charge on any atom is -0.369 e. The zero-order valence-corrected chi connectivity index (χ0v) is 11.8. The number of hydrogen-bond donors (Lipinski definition) is 0. The van der Waals surface area contributed by atoms with Gasteiger partial charge in [-0.2, -0.15) is 5.26 Å². The van der Waals surface area contributed by atoms with E-state index in [0.29, 0.717) is 10.6 Å². The van der Waals surface area contributed by atoms with Crippen LogP contribution in [-0.2, 0) is 6.54 Å². The van der Waals surface area contributed by atoms with Crippen molar-refractivity contribution in [1.82, 2.24) is 0 Å². The molecule has 19 heavy (non-hydrogen) atoms. The molecule has 0 amide bonds. The molecule has 2 nitrogen and oxygen atoms in total. The highest BCUT2D eigenvalue weighted by molar-refractivity contribution is 6.33. The number of rotatable bonds is 3. The van der Waals surface area contributed by atoms with E-state index in [1.54, 1.807) is 12.1 Å². The third kappa shape index (κ3) is 3.27. The summed E-state index contributed by atoms with van der Waals surface area (Å²) in [6.45, 7) is 2.86. The van der Waals surface area contributed by atoms with Gasteiger partial charge in [0.05, 0.1) is 22.3 Å². The minimum atomic E-state index is 0.581. The SMILES string of the molecule is Cc1ccc(CN(C)c2ccc(C#N)cc2Cl)cc1. The van der Waals surface area contributed by atoms with Crippen molar-refractivity contribution >= 4 is 17.3 Å². The molecule has 0 aromatic heterocycles. The Balaban J connectivity index is 2.18. The highest BCUT2D eigenvalue weighted by Crippen LogP contribution is 2.27. The molecule has 0 heterocycles. The van der Waals surface area contributed by atoms with Crippen LogP contribution in [0.5, 0.6) is 0 Å². The summed E-state index contributed by atoms with van der Waals surface area (Å²) < 4.78 is 0. The Morgan fingerprint density at radius 1 is 1.16 bits per heavy atom. The lowest BCUT2D eigenvalue weighted by molar-refractivity contribution is 0.922. The molecule has 0 aliphatic heterocycles. The number of halogens is 1. The van der Waals surface area contributed by atoms with Crippen molar-refractivity contribution in [2.24, 2.45) is 0 Å². The molecule has 0 bridgehead atoms. The maximum absolute atomic E-state index is 8.83. The van der Waals surface area contributed by atoms with Gasteiger partial charge in [-0.1, -0.05) is 41.4 Å². The number of aryl methyl sites for hydroxylation is 1. The fourth-order valence-electron chi connectivity index (χ4n) is 1.94. The molecule has 0 unspecified atom stereocenters. The third-order valence-electron chi connectivity index (χ3n) is 3.03. The highest BCUT2D eigenvalue weighted by Gasteiger charge is 2.07. The number of hydrogen-bond acceptors (Lipinski definition) is 2. The Morgan fingerprint density at radius 3 is 2.42 bits per heavy atom. The first-order valence-electron chi connectivity index (χ1n) is 6.06. The molecule has 0 aliphatic rings. The molecule has 0 saturated carbocycles. The van der Waals surface area contributed by atoms with Gasteiger partial charge >= 0.3 is 0 Å². The maximum Gasteiger partial charge on any atom is 0.0992 e. The smallest absolute Gasteiger partial charge is 0.0992 e. The zero-order valence-electron chi connectivity index (χ0n) is 11.0. The van der Waals surface area contributed by atoms with Gasteiger partial charge in [0.1, 0.15) is 0 Å². The van der Waals surface area contributed by atoms with Gasteiger partial charge in [0.15, 0.2) is 0 Å². The van der Waals surface area contributed by atoms with Gasteiger partial charge in [0, 0.05) is 13.6 Å². The van der Waals surface area contributed by atoms with Crippen molar-refractivity contribution in [2.45, 2.75) is 13.5 Å². The van der Waals surface area contributed by atoms with Gasteiger partial charge in [0.2, 0.25) is 0 Å². The van der Waals surface area contributed by atoms with Gasteiger partial charge in [-0.05, 0) is 30.7 Å². The largest absolute Gasteiger partial charge is 0.369 e. The average molecular weight is 271 g/mol. The normalized spacial score (nSPS) is 10.0. The molecular weight excluding hydrogens is 256 g/mol. The molecule has 2 aromatic rings. The van der Waals surface area contributed by atoms with Gasteiger partial charge in [-0.15, -0.1) is 0 Å². The van der Waals surface area contributed by atoms with Crippen LogP contribution in [0.15, 0.2) is 42.5 Å². The molecule has 2 aromatic carbocycles. The summed E-state index contributed by atoms with van der Waals surface area (Å²) >= 11 is 6.20. The monoisotopic (exact) mass is 270 g/mol. The van der Waals surface area contributed by atoms with Crippen molar-refractivity contribution in [2.75, 3.05) is 11.9 Å². The lowest BCUT2D eigenvalue weighted by atomic mass is 10.1. The number of anilines is 1. The fourth-order valence-corrected chi connectivity index (χ4v) is 2.26. The Labute approximate surface area is 118 Å². The summed E-state index contributed by atoms with van der Waals surface area (Å²) in [5.41, 5.74) is 4.00. The van der Waals surface area contributed by atoms with Gasteiger partial charge in [0.25, 0.3) is 0 Å². The van der Waals surface area contributed by atoms with E-state index in [0.717, 1.165) is 12.2 Å². The van der Waals surface area contributed by atoms with Crippen LogP contribution in [0, 0.1) is 18.3 Å². The van der Waals surface area contributed by atoms with Crippen molar-refractivity contribution in [3.63, 3.8) is 0 Å². The second-order valence-corrected chi connectivity index (χ2v) is 5.03. The summed E-state index contributed by atoms with van der Waals surface area (Å²) in [6, 6.07) is 15.9. The number of nitrogens with zero attached hydrogens (tertiary/aromatic N) is 2. The van der Waals surface area contributed by atoms with Gasteiger partial charge in [-0.3, -0.25) is 0 Å². The summed E-state index contributed by atoms with van der Waals surface area (Å²) in [7, 11) is 1.99. The van der Waals surface area contributed by atoms with E-state index in [-0.39, 0.29) is 0 Å².